The Kier molecular flexibility index (Phi) is 8.08. The van der Waals surface area contributed by atoms with Gasteiger partial charge in [-0.1, -0.05) is 41.1 Å². The maximum absolute atomic E-state index is 14.0. The second-order valence-corrected chi connectivity index (χ2v) is 11.4. The van der Waals surface area contributed by atoms with E-state index in [4.69, 9.17) is 21.1 Å². The number of carbonyl (C=O) groups is 2. The molecule has 42 heavy (non-hydrogen) atoms. The van der Waals surface area contributed by atoms with Crippen LogP contribution in [0.4, 0.5) is 0 Å². The maximum Gasteiger partial charge on any atom is 0.338 e. The van der Waals surface area contributed by atoms with Gasteiger partial charge in [-0.05, 0) is 87.7 Å². The predicted octanol–water partition coefficient (Wildman–Crippen LogP) is 4.95. The summed E-state index contributed by atoms with van der Waals surface area (Å²) in [6, 6.07) is 13.9. The highest BCUT2D eigenvalue weighted by Gasteiger charge is 2.33. The van der Waals surface area contributed by atoms with Crippen molar-refractivity contribution in [2.24, 2.45) is 4.99 Å². The van der Waals surface area contributed by atoms with E-state index in [9.17, 15) is 14.4 Å². The van der Waals surface area contributed by atoms with Gasteiger partial charge in [-0.3, -0.25) is 9.36 Å². The van der Waals surface area contributed by atoms with Gasteiger partial charge < -0.3 is 14.0 Å². The van der Waals surface area contributed by atoms with Gasteiger partial charge >= 0.3 is 11.9 Å². The first-order valence-electron chi connectivity index (χ1n) is 13.4. The summed E-state index contributed by atoms with van der Waals surface area (Å²) in [5, 5.41) is 0.548. The first-order valence-corrected chi connectivity index (χ1v) is 14.6. The van der Waals surface area contributed by atoms with Crippen molar-refractivity contribution in [2.75, 3.05) is 13.7 Å². The normalized spacial score (nSPS) is 14.9. The molecule has 0 bridgehead atoms. The van der Waals surface area contributed by atoms with Gasteiger partial charge in [0, 0.05) is 22.1 Å². The minimum absolute atomic E-state index is 0.199. The minimum Gasteiger partial charge on any atom is -0.465 e. The van der Waals surface area contributed by atoms with Crippen LogP contribution in [0.15, 0.2) is 69.6 Å². The zero-order valence-electron chi connectivity index (χ0n) is 24.1. The molecule has 0 amide bonds. The van der Waals surface area contributed by atoms with E-state index >= 15 is 0 Å². The summed E-state index contributed by atoms with van der Waals surface area (Å²) in [6.45, 7) is 9.53. The van der Waals surface area contributed by atoms with Gasteiger partial charge in [0.25, 0.3) is 5.56 Å². The molecule has 2 aromatic carbocycles. The summed E-state index contributed by atoms with van der Waals surface area (Å²) >= 11 is 7.42. The summed E-state index contributed by atoms with van der Waals surface area (Å²) in [7, 11) is 1.36. The third kappa shape index (κ3) is 5.03. The van der Waals surface area contributed by atoms with Crippen LogP contribution in [0.3, 0.4) is 0 Å². The molecule has 0 aliphatic carbocycles. The van der Waals surface area contributed by atoms with Gasteiger partial charge in [-0.2, -0.15) is 0 Å². The molecule has 0 saturated heterocycles. The Labute approximate surface area is 251 Å². The first-order chi connectivity index (χ1) is 20.1. The quantitative estimate of drug-likeness (QED) is 0.291. The average molecular weight is 604 g/mol. The van der Waals surface area contributed by atoms with Crippen LogP contribution in [0, 0.1) is 20.8 Å². The van der Waals surface area contributed by atoms with Crippen LogP contribution >= 0.6 is 22.9 Å². The SMILES string of the molecule is CCOC(=O)C1=C(C)N=c2s/c(=C/c3cc(C)n(-c4cccc(C(=O)OC)c4C)c3C)c(=O)n2[C@@H]1c1ccc(Cl)cc1. The molecule has 216 valence electrons. The number of hydrogen-bond acceptors (Lipinski definition) is 7. The molecule has 0 spiro atoms. The van der Waals surface area contributed by atoms with Gasteiger partial charge in [-0.25, -0.2) is 14.6 Å². The molecule has 1 atom stereocenters. The number of aromatic nitrogens is 2. The summed E-state index contributed by atoms with van der Waals surface area (Å²) < 4.78 is 14.4. The van der Waals surface area contributed by atoms with E-state index in [1.54, 1.807) is 48.7 Å². The number of hydrogen-bond donors (Lipinski definition) is 0. The van der Waals surface area contributed by atoms with Gasteiger partial charge in [0.2, 0.25) is 0 Å². The van der Waals surface area contributed by atoms with E-state index < -0.39 is 18.0 Å². The number of ether oxygens (including phenoxy) is 2. The number of esters is 2. The van der Waals surface area contributed by atoms with Crippen LogP contribution in [-0.4, -0.2) is 34.8 Å². The lowest BCUT2D eigenvalue weighted by Gasteiger charge is -2.24. The third-order valence-corrected chi connectivity index (χ3v) is 8.65. The van der Waals surface area contributed by atoms with Crippen LogP contribution in [0.2, 0.25) is 5.02 Å². The Morgan fingerprint density at radius 2 is 1.79 bits per heavy atom. The van der Waals surface area contributed by atoms with E-state index in [0.717, 1.165) is 33.8 Å². The molecule has 2 aromatic heterocycles. The van der Waals surface area contributed by atoms with Crippen molar-refractivity contribution in [3.05, 3.63) is 118 Å². The van der Waals surface area contributed by atoms with E-state index in [0.29, 0.717) is 31.2 Å². The Morgan fingerprint density at radius 1 is 1.07 bits per heavy atom. The molecule has 0 radical (unpaired) electrons. The Bertz CT molecular complexity index is 1950. The molecule has 5 rings (SSSR count). The monoisotopic (exact) mass is 603 g/mol. The molecule has 4 aromatic rings. The molecule has 1 aliphatic rings. The number of thiazole rings is 1. The molecule has 0 saturated carbocycles. The zero-order valence-corrected chi connectivity index (χ0v) is 25.7. The highest BCUT2D eigenvalue weighted by molar-refractivity contribution is 7.07. The van der Waals surface area contributed by atoms with E-state index in [2.05, 4.69) is 9.56 Å². The Hall–Kier alpha value is -4.21. The van der Waals surface area contributed by atoms with Crippen molar-refractivity contribution in [1.29, 1.82) is 0 Å². The van der Waals surface area contributed by atoms with E-state index in [-0.39, 0.29) is 12.2 Å². The topological polar surface area (TPSA) is 91.9 Å². The molecule has 0 unspecified atom stereocenters. The van der Waals surface area contributed by atoms with Crippen LogP contribution in [0.5, 0.6) is 0 Å². The standard InChI is InChI=1S/C32H30ClN3O5S/c1-7-41-31(39)27-19(4)34-32-36(28(27)21-11-13-23(33)14-12-21)29(37)26(42-32)16-22-15-17(2)35(20(22)5)25-10-8-9-24(18(25)3)30(38)40-6/h8-16,28H,7H2,1-6H3/b26-16+/t28-/m1/s1. The van der Waals surface area contributed by atoms with Crippen molar-refractivity contribution in [1.82, 2.24) is 9.13 Å². The predicted molar refractivity (Wildman–Crippen MR) is 163 cm³/mol. The lowest BCUT2D eigenvalue weighted by molar-refractivity contribution is -0.139. The molecule has 10 heteroatoms. The molecular formula is C32H30ClN3O5S. The second-order valence-electron chi connectivity index (χ2n) is 9.96. The zero-order chi connectivity index (χ0) is 30.3. The summed E-state index contributed by atoms with van der Waals surface area (Å²) in [5.41, 5.74) is 6.12. The van der Waals surface area contributed by atoms with Crippen molar-refractivity contribution < 1.29 is 19.1 Å². The third-order valence-electron chi connectivity index (χ3n) is 7.41. The summed E-state index contributed by atoms with van der Waals surface area (Å²) in [4.78, 5) is 44.6. The fourth-order valence-corrected chi connectivity index (χ4v) is 6.56. The van der Waals surface area contributed by atoms with Crippen LogP contribution in [0.25, 0.3) is 11.8 Å². The first kappa shape index (κ1) is 29.3. The molecule has 8 nitrogen and oxygen atoms in total. The van der Waals surface area contributed by atoms with Gasteiger partial charge in [0.15, 0.2) is 4.80 Å². The number of allylic oxidation sites excluding steroid dienone is 1. The number of rotatable bonds is 6. The van der Waals surface area contributed by atoms with Gasteiger partial charge in [-0.15, -0.1) is 0 Å². The van der Waals surface area contributed by atoms with E-state index in [1.807, 2.05) is 45.0 Å². The van der Waals surface area contributed by atoms with Crippen molar-refractivity contribution >= 4 is 41.0 Å². The van der Waals surface area contributed by atoms with Crippen molar-refractivity contribution in [2.45, 2.75) is 40.7 Å². The lowest BCUT2D eigenvalue weighted by atomic mass is 9.96. The lowest BCUT2D eigenvalue weighted by Crippen LogP contribution is -2.39. The van der Waals surface area contributed by atoms with Crippen LogP contribution in [0.1, 0.15) is 58.3 Å². The molecule has 3 heterocycles. The molecule has 0 fully saturated rings. The summed E-state index contributed by atoms with van der Waals surface area (Å²) in [5.74, 6) is -0.910. The number of fused-ring (bicyclic) bond motifs is 1. The highest BCUT2D eigenvalue weighted by atomic mass is 35.5. The number of carbonyl (C=O) groups excluding carboxylic acids is 2. The number of aryl methyl sites for hydroxylation is 1. The van der Waals surface area contributed by atoms with Gasteiger partial charge in [0.05, 0.1) is 41.1 Å². The maximum atomic E-state index is 14.0. The molecule has 1 aliphatic heterocycles. The summed E-state index contributed by atoms with van der Waals surface area (Å²) in [6.07, 6.45) is 1.85. The minimum atomic E-state index is -0.712. The van der Waals surface area contributed by atoms with Crippen LogP contribution < -0.4 is 14.9 Å². The molecule has 0 N–H and O–H groups in total. The average Bonchev–Trinajstić information content (AvgIpc) is 3.41. The highest BCUT2D eigenvalue weighted by Crippen LogP contribution is 2.31. The number of nitrogens with zero attached hydrogens (tertiary/aromatic N) is 3. The number of methoxy groups -OCH3 is 1. The van der Waals surface area contributed by atoms with Crippen LogP contribution in [-0.2, 0) is 14.3 Å². The van der Waals surface area contributed by atoms with Gasteiger partial charge in [0.1, 0.15) is 0 Å². The Balaban J connectivity index is 1.68. The van der Waals surface area contributed by atoms with E-state index in [1.165, 1.54) is 18.4 Å². The molecular weight excluding hydrogens is 574 g/mol. The van der Waals surface area contributed by atoms with Crippen molar-refractivity contribution in [3.63, 3.8) is 0 Å². The second kappa shape index (κ2) is 11.6. The fraction of sp³-hybridized carbons (Fsp3) is 0.250. The smallest absolute Gasteiger partial charge is 0.338 e. The largest absolute Gasteiger partial charge is 0.465 e. The van der Waals surface area contributed by atoms with Crippen molar-refractivity contribution in [3.8, 4) is 5.69 Å². The number of halogens is 1. The Morgan fingerprint density at radius 3 is 2.45 bits per heavy atom. The fourth-order valence-electron chi connectivity index (χ4n) is 5.39. The number of benzene rings is 2.